The molecule has 0 aromatic heterocycles. The summed E-state index contributed by atoms with van der Waals surface area (Å²) in [6, 6.07) is 63.8. The van der Waals surface area contributed by atoms with Crippen LogP contribution in [0.1, 0.15) is 53.6 Å². The van der Waals surface area contributed by atoms with Crippen LogP contribution in [-0.4, -0.2) is 6.04 Å². The lowest BCUT2D eigenvalue weighted by Gasteiger charge is -2.42. The largest absolute Gasteiger partial charge is 0.333 e. The minimum atomic E-state index is -0.396. The molecule has 0 radical (unpaired) electrons. The molecule has 1 unspecified atom stereocenters. The Morgan fingerprint density at radius 2 is 1.04 bits per heavy atom. The van der Waals surface area contributed by atoms with Gasteiger partial charge in [-0.25, -0.2) is 0 Å². The molecule has 7 aromatic carbocycles. The normalized spacial score (nSPS) is 17.5. The van der Waals surface area contributed by atoms with E-state index < -0.39 is 5.41 Å². The van der Waals surface area contributed by atoms with Gasteiger partial charge in [0.05, 0.1) is 11.5 Å². The maximum atomic E-state index is 2.71. The average Bonchev–Trinajstić information content (AvgIpc) is 3.78. The van der Waals surface area contributed by atoms with Crippen molar-refractivity contribution in [1.29, 1.82) is 0 Å². The van der Waals surface area contributed by atoms with Crippen LogP contribution >= 0.6 is 0 Å². The van der Waals surface area contributed by atoms with E-state index in [4.69, 9.17) is 0 Å². The highest BCUT2D eigenvalue weighted by atomic mass is 15.2. The molecule has 4 aliphatic carbocycles. The molecule has 1 heteroatoms. The highest BCUT2D eigenvalue weighted by Crippen LogP contribution is 2.65. The van der Waals surface area contributed by atoms with Gasteiger partial charge in [0.15, 0.2) is 0 Å². The summed E-state index contributed by atoms with van der Waals surface area (Å²) in [5, 5.41) is 0. The van der Waals surface area contributed by atoms with Gasteiger partial charge >= 0.3 is 0 Å². The van der Waals surface area contributed by atoms with E-state index >= 15 is 0 Å². The lowest BCUT2D eigenvalue weighted by atomic mass is 9.70. The van der Waals surface area contributed by atoms with Crippen LogP contribution in [0.2, 0.25) is 0 Å². The second-order valence-electron chi connectivity index (χ2n) is 15.5. The SMILES string of the molecule is CC1(C)C2=C(C=CCC2N(c2cccc(-c3ccccc3)c2)c2cccc3c2-c2ccccc2C32c3ccccc3-c3ccccc32)c2ccccc21. The summed E-state index contributed by atoms with van der Waals surface area (Å²) in [6.07, 6.45) is 5.73. The molecule has 1 nitrogen and oxygen atoms in total. The molecule has 0 saturated carbocycles. The monoisotopic (exact) mass is 677 g/mol. The van der Waals surface area contributed by atoms with Crippen molar-refractivity contribution < 1.29 is 0 Å². The maximum absolute atomic E-state index is 2.71. The van der Waals surface area contributed by atoms with Crippen LogP contribution in [0.3, 0.4) is 0 Å². The molecule has 0 bridgehead atoms. The first kappa shape index (κ1) is 30.4. The minimum absolute atomic E-state index is 0.113. The summed E-state index contributed by atoms with van der Waals surface area (Å²) in [7, 11) is 0. The third-order valence-corrected chi connectivity index (χ3v) is 12.6. The van der Waals surface area contributed by atoms with E-state index in [0.717, 1.165) is 6.42 Å². The first-order valence-electron chi connectivity index (χ1n) is 19.0. The van der Waals surface area contributed by atoms with Crippen LogP contribution in [0.5, 0.6) is 0 Å². The Morgan fingerprint density at radius 3 is 1.75 bits per heavy atom. The van der Waals surface area contributed by atoms with Crippen LogP contribution in [0.4, 0.5) is 11.4 Å². The van der Waals surface area contributed by atoms with Crippen molar-refractivity contribution in [1.82, 2.24) is 0 Å². The fourth-order valence-corrected chi connectivity index (χ4v) is 10.6. The van der Waals surface area contributed by atoms with Crippen LogP contribution in [0.25, 0.3) is 39.0 Å². The van der Waals surface area contributed by atoms with Crippen molar-refractivity contribution in [3.8, 4) is 33.4 Å². The quantitative estimate of drug-likeness (QED) is 0.179. The van der Waals surface area contributed by atoms with E-state index in [0.29, 0.717) is 0 Å². The van der Waals surface area contributed by atoms with Gasteiger partial charge in [-0.15, -0.1) is 0 Å². The minimum Gasteiger partial charge on any atom is -0.333 e. The van der Waals surface area contributed by atoms with E-state index in [2.05, 4.69) is 201 Å². The topological polar surface area (TPSA) is 3.24 Å². The van der Waals surface area contributed by atoms with Crippen molar-refractivity contribution in [2.24, 2.45) is 0 Å². The van der Waals surface area contributed by atoms with E-state index in [1.807, 2.05) is 0 Å². The van der Waals surface area contributed by atoms with Gasteiger partial charge in [0, 0.05) is 22.4 Å². The predicted molar refractivity (Wildman–Crippen MR) is 221 cm³/mol. The Labute approximate surface area is 312 Å². The van der Waals surface area contributed by atoms with Gasteiger partial charge in [-0.1, -0.05) is 178 Å². The molecule has 53 heavy (non-hydrogen) atoms. The van der Waals surface area contributed by atoms with E-state index in [1.165, 1.54) is 89.3 Å². The standard InChI is InChI=1S/C52H39N/c1-51(2)42-26-10-6-23-39(42)40-25-15-32-48(50(40)51)53(36-20-14-19-35(33-36)34-17-4-3-5-18-34)47-31-16-30-46-49(47)41-24-9-13-29-45(41)52(46)43-27-11-7-21-37(43)38-22-8-12-28-44(38)52/h3-31,33,48H,32H2,1-2H3. The zero-order valence-electron chi connectivity index (χ0n) is 30.1. The number of hydrogen-bond donors (Lipinski definition) is 0. The van der Waals surface area contributed by atoms with Crippen LogP contribution in [-0.2, 0) is 10.8 Å². The smallest absolute Gasteiger partial charge is 0.0726 e. The number of hydrogen-bond acceptors (Lipinski definition) is 1. The van der Waals surface area contributed by atoms with Crippen molar-refractivity contribution in [2.75, 3.05) is 4.90 Å². The molecule has 0 amide bonds. The molecule has 0 saturated heterocycles. The lowest BCUT2D eigenvalue weighted by molar-refractivity contribution is 0.563. The number of anilines is 2. The first-order chi connectivity index (χ1) is 26.1. The van der Waals surface area contributed by atoms with Gasteiger partial charge < -0.3 is 4.90 Å². The maximum Gasteiger partial charge on any atom is 0.0726 e. The zero-order chi connectivity index (χ0) is 35.3. The van der Waals surface area contributed by atoms with E-state index in [1.54, 1.807) is 0 Å². The van der Waals surface area contributed by atoms with Crippen molar-refractivity contribution >= 4 is 16.9 Å². The first-order valence-corrected chi connectivity index (χ1v) is 19.0. The highest BCUT2D eigenvalue weighted by molar-refractivity contribution is 6.00. The van der Waals surface area contributed by atoms with Gasteiger partial charge in [-0.2, -0.15) is 0 Å². The predicted octanol–water partition coefficient (Wildman–Crippen LogP) is 12.9. The Kier molecular flexibility index (Phi) is 6.41. The molecule has 0 aliphatic heterocycles. The van der Waals surface area contributed by atoms with Crippen LogP contribution in [0, 0.1) is 0 Å². The van der Waals surface area contributed by atoms with Gasteiger partial charge in [0.1, 0.15) is 0 Å². The molecular weight excluding hydrogens is 639 g/mol. The number of nitrogens with zero attached hydrogens (tertiary/aromatic N) is 1. The van der Waals surface area contributed by atoms with Crippen molar-refractivity contribution in [3.63, 3.8) is 0 Å². The summed E-state index contributed by atoms with van der Waals surface area (Å²) in [5.74, 6) is 0. The second-order valence-corrected chi connectivity index (χ2v) is 15.5. The third-order valence-electron chi connectivity index (χ3n) is 12.6. The van der Waals surface area contributed by atoms with Crippen molar-refractivity contribution in [3.05, 3.63) is 221 Å². The molecule has 0 N–H and O–H groups in total. The average molecular weight is 678 g/mol. The molecule has 7 aromatic rings. The number of rotatable bonds is 4. The summed E-state index contributed by atoms with van der Waals surface area (Å²) < 4.78 is 0. The Bertz CT molecular complexity index is 2640. The van der Waals surface area contributed by atoms with Crippen LogP contribution in [0.15, 0.2) is 188 Å². The number of benzene rings is 7. The van der Waals surface area contributed by atoms with Gasteiger partial charge in [0.2, 0.25) is 0 Å². The fourth-order valence-electron chi connectivity index (χ4n) is 10.6. The fraction of sp³-hybridized carbons (Fsp3) is 0.115. The van der Waals surface area contributed by atoms with E-state index in [-0.39, 0.29) is 11.5 Å². The van der Waals surface area contributed by atoms with Crippen molar-refractivity contribution in [2.45, 2.75) is 37.1 Å². The molecule has 0 heterocycles. The molecular formula is C52H39N. The Balaban J connectivity index is 1.21. The molecule has 1 spiro atoms. The second kappa shape index (κ2) is 11.2. The zero-order valence-corrected chi connectivity index (χ0v) is 30.1. The number of allylic oxidation sites excluding steroid dienone is 2. The van der Waals surface area contributed by atoms with Gasteiger partial charge in [0.25, 0.3) is 0 Å². The molecule has 11 rings (SSSR count). The summed E-state index contributed by atoms with van der Waals surface area (Å²) >= 11 is 0. The summed E-state index contributed by atoms with van der Waals surface area (Å²) in [5.41, 5.74) is 20.9. The number of fused-ring (bicyclic) bond motifs is 12. The molecule has 4 aliphatic rings. The molecule has 0 fully saturated rings. The Hall–Kier alpha value is -6.18. The molecule has 252 valence electrons. The van der Waals surface area contributed by atoms with E-state index in [9.17, 15) is 0 Å². The third kappa shape index (κ3) is 4.03. The van der Waals surface area contributed by atoms with Gasteiger partial charge in [-0.3, -0.25) is 0 Å². The summed E-state index contributed by atoms with van der Waals surface area (Å²) in [4.78, 5) is 2.71. The van der Waals surface area contributed by atoms with Gasteiger partial charge in [-0.05, 0) is 97.0 Å². The highest BCUT2D eigenvalue weighted by Gasteiger charge is 2.53. The lowest BCUT2D eigenvalue weighted by Crippen LogP contribution is -2.39. The van der Waals surface area contributed by atoms with Crippen LogP contribution < -0.4 is 4.90 Å². The Morgan fingerprint density at radius 1 is 0.491 bits per heavy atom. The summed E-state index contributed by atoms with van der Waals surface area (Å²) in [6.45, 7) is 4.87. The molecule has 1 atom stereocenters.